The standard InChI is InChI=1S/C22H34N2O5/c1-6-7-8-15-21(11-13-23(5)14-12-21)29-18(27)24(15)16(25)22-10-9-20(4,17(26)28-22)19(22,2)3/h15H,6-14H2,1-5H3. The van der Waals surface area contributed by atoms with Crippen LogP contribution in [0.4, 0.5) is 4.79 Å². The van der Waals surface area contributed by atoms with E-state index in [1.165, 1.54) is 4.90 Å². The third kappa shape index (κ3) is 2.49. The van der Waals surface area contributed by atoms with Gasteiger partial charge in [-0.3, -0.25) is 9.59 Å². The van der Waals surface area contributed by atoms with Crippen LogP contribution in [0.15, 0.2) is 0 Å². The predicted octanol–water partition coefficient (Wildman–Crippen LogP) is 3.11. The Hall–Kier alpha value is -1.63. The minimum absolute atomic E-state index is 0.299. The van der Waals surface area contributed by atoms with Gasteiger partial charge in [-0.1, -0.05) is 33.6 Å². The zero-order chi connectivity index (χ0) is 21.2. The van der Waals surface area contributed by atoms with Crippen molar-refractivity contribution in [2.45, 2.75) is 89.9 Å². The van der Waals surface area contributed by atoms with Crippen molar-refractivity contribution in [1.82, 2.24) is 9.80 Å². The summed E-state index contributed by atoms with van der Waals surface area (Å²) < 4.78 is 11.8. The number of rotatable bonds is 4. The highest BCUT2D eigenvalue weighted by molar-refractivity contribution is 6.03. The van der Waals surface area contributed by atoms with Crippen molar-refractivity contribution in [3.8, 4) is 0 Å². The van der Waals surface area contributed by atoms with Gasteiger partial charge in [-0.2, -0.15) is 0 Å². The van der Waals surface area contributed by atoms with Gasteiger partial charge in [-0.25, -0.2) is 9.69 Å². The number of carbonyl (C=O) groups is 3. The average molecular weight is 407 g/mol. The minimum atomic E-state index is -1.28. The summed E-state index contributed by atoms with van der Waals surface area (Å²) in [5.41, 5.74) is -3.28. The summed E-state index contributed by atoms with van der Waals surface area (Å²) in [6.07, 6.45) is 4.55. The fraction of sp³-hybridized carbons (Fsp3) is 0.864. The number of amides is 2. The van der Waals surface area contributed by atoms with E-state index in [9.17, 15) is 14.4 Å². The Morgan fingerprint density at radius 3 is 2.24 bits per heavy atom. The third-order valence-electron chi connectivity index (χ3n) is 8.72. The number of hydrogen-bond donors (Lipinski definition) is 0. The van der Waals surface area contributed by atoms with E-state index in [-0.39, 0.29) is 17.9 Å². The number of likely N-dealkylation sites (tertiary alicyclic amines) is 1. The highest BCUT2D eigenvalue weighted by atomic mass is 16.6. The number of imide groups is 1. The van der Waals surface area contributed by atoms with Crippen molar-refractivity contribution < 1.29 is 23.9 Å². The highest BCUT2D eigenvalue weighted by Crippen LogP contribution is 2.66. The SMILES string of the molecule is CCCCC1N(C(=O)C23CCC(C)(C(=O)O2)C3(C)C)C(=O)OC12CCN(C)CC2. The Balaban J connectivity index is 1.70. The molecule has 3 unspecified atom stereocenters. The molecule has 162 valence electrons. The largest absolute Gasteiger partial charge is 0.448 e. The molecule has 7 nitrogen and oxygen atoms in total. The van der Waals surface area contributed by atoms with Crippen molar-refractivity contribution in [3.05, 3.63) is 0 Å². The first-order valence-electron chi connectivity index (χ1n) is 11.0. The Morgan fingerprint density at radius 2 is 1.72 bits per heavy atom. The normalized spacial score (nSPS) is 37.8. The van der Waals surface area contributed by atoms with E-state index in [1.807, 2.05) is 20.8 Å². The molecule has 3 aliphatic heterocycles. The maximum absolute atomic E-state index is 13.9. The lowest BCUT2D eigenvalue weighted by molar-refractivity contribution is -0.173. The van der Waals surface area contributed by atoms with Crippen LogP contribution in [-0.4, -0.2) is 65.2 Å². The lowest BCUT2D eigenvalue weighted by Crippen LogP contribution is -2.59. The molecule has 1 aliphatic carbocycles. The number of esters is 1. The summed E-state index contributed by atoms with van der Waals surface area (Å²) >= 11 is 0. The molecule has 0 aromatic rings. The van der Waals surface area contributed by atoms with Gasteiger partial charge in [0, 0.05) is 31.3 Å². The van der Waals surface area contributed by atoms with Gasteiger partial charge in [0.1, 0.15) is 5.60 Å². The van der Waals surface area contributed by atoms with Crippen LogP contribution in [0.25, 0.3) is 0 Å². The monoisotopic (exact) mass is 406 g/mol. The maximum atomic E-state index is 13.9. The summed E-state index contributed by atoms with van der Waals surface area (Å²) in [6.45, 7) is 9.51. The van der Waals surface area contributed by atoms with Crippen LogP contribution in [0, 0.1) is 10.8 Å². The number of unbranched alkanes of at least 4 members (excludes halogenated alkanes) is 1. The summed E-state index contributed by atoms with van der Waals surface area (Å²) in [7, 11) is 2.06. The molecule has 0 aromatic carbocycles. The molecule has 29 heavy (non-hydrogen) atoms. The number of piperidine rings is 1. The molecule has 4 aliphatic rings. The number of hydrogen-bond acceptors (Lipinski definition) is 6. The van der Waals surface area contributed by atoms with Gasteiger partial charge < -0.3 is 14.4 Å². The second-order valence-corrected chi connectivity index (χ2v) is 10.2. The van der Waals surface area contributed by atoms with E-state index in [1.54, 1.807) is 0 Å². The van der Waals surface area contributed by atoms with Crippen LogP contribution in [0.1, 0.15) is 72.6 Å². The van der Waals surface area contributed by atoms with Gasteiger partial charge in [-0.05, 0) is 33.2 Å². The zero-order valence-electron chi connectivity index (χ0n) is 18.4. The third-order valence-corrected chi connectivity index (χ3v) is 8.72. The number of carbonyl (C=O) groups excluding carboxylic acids is 3. The van der Waals surface area contributed by atoms with Crippen molar-refractivity contribution in [2.24, 2.45) is 10.8 Å². The molecule has 0 N–H and O–H groups in total. The summed E-state index contributed by atoms with van der Waals surface area (Å²) in [5.74, 6) is -0.701. The Labute approximate surface area is 173 Å². The number of fused-ring (bicyclic) bond motifs is 2. The molecule has 1 spiro atoms. The Morgan fingerprint density at radius 1 is 1.07 bits per heavy atom. The minimum Gasteiger partial charge on any atom is -0.448 e. The molecule has 3 saturated heterocycles. The fourth-order valence-corrected chi connectivity index (χ4v) is 6.02. The topological polar surface area (TPSA) is 76.1 Å². The molecule has 0 radical (unpaired) electrons. The Kier molecular flexibility index (Phi) is 4.58. The quantitative estimate of drug-likeness (QED) is 0.668. The second kappa shape index (κ2) is 6.43. The molecule has 2 amide bonds. The van der Waals surface area contributed by atoms with E-state index >= 15 is 0 Å². The van der Waals surface area contributed by atoms with E-state index in [0.717, 1.165) is 45.2 Å². The summed E-state index contributed by atoms with van der Waals surface area (Å²) in [6, 6.07) is -0.299. The molecule has 4 rings (SSSR count). The van der Waals surface area contributed by atoms with Gasteiger partial charge >= 0.3 is 12.1 Å². The predicted molar refractivity (Wildman–Crippen MR) is 106 cm³/mol. The van der Waals surface area contributed by atoms with Crippen molar-refractivity contribution in [3.63, 3.8) is 0 Å². The highest BCUT2D eigenvalue weighted by Gasteiger charge is 2.77. The molecule has 3 heterocycles. The first kappa shape index (κ1) is 20.6. The molecular formula is C22H34N2O5. The van der Waals surface area contributed by atoms with Crippen LogP contribution in [0.5, 0.6) is 0 Å². The van der Waals surface area contributed by atoms with Crippen LogP contribution in [-0.2, 0) is 19.1 Å². The molecule has 7 heteroatoms. The number of ether oxygens (including phenoxy) is 2. The lowest BCUT2D eigenvalue weighted by atomic mass is 9.66. The van der Waals surface area contributed by atoms with Crippen LogP contribution in [0.3, 0.4) is 0 Å². The van der Waals surface area contributed by atoms with E-state index < -0.39 is 28.1 Å². The molecule has 1 saturated carbocycles. The molecule has 2 bridgehead atoms. The lowest BCUT2D eigenvalue weighted by Gasteiger charge is -2.42. The van der Waals surface area contributed by atoms with E-state index in [4.69, 9.17) is 9.47 Å². The van der Waals surface area contributed by atoms with Crippen molar-refractivity contribution in [1.29, 1.82) is 0 Å². The Bertz CT molecular complexity index is 741. The first-order valence-corrected chi connectivity index (χ1v) is 11.0. The average Bonchev–Trinajstić information content (AvgIpc) is 3.11. The zero-order valence-corrected chi connectivity index (χ0v) is 18.4. The summed E-state index contributed by atoms with van der Waals surface area (Å²) in [4.78, 5) is 43.2. The molecule has 3 atom stereocenters. The van der Waals surface area contributed by atoms with Gasteiger partial charge in [0.05, 0.1) is 11.5 Å². The van der Waals surface area contributed by atoms with Crippen LogP contribution in [0.2, 0.25) is 0 Å². The van der Waals surface area contributed by atoms with Crippen LogP contribution < -0.4 is 0 Å². The molecule has 0 aromatic heterocycles. The fourth-order valence-electron chi connectivity index (χ4n) is 6.02. The van der Waals surface area contributed by atoms with Gasteiger partial charge in [0.25, 0.3) is 5.91 Å². The van der Waals surface area contributed by atoms with Gasteiger partial charge in [0.2, 0.25) is 0 Å². The van der Waals surface area contributed by atoms with Gasteiger partial charge in [-0.15, -0.1) is 0 Å². The first-order chi connectivity index (χ1) is 13.5. The smallest absolute Gasteiger partial charge is 0.417 e. The summed E-state index contributed by atoms with van der Waals surface area (Å²) in [5, 5.41) is 0. The van der Waals surface area contributed by atoms with E-state index in [0.29, 0.717) is 12.8 Å². The molecular weight excluding hydrogens is 372 g/mol. The van der Waals surface area contributed by atoms with Gasteiger partial charge in [0.15, 0.2) is 5.60 Å². The molecule has 4 fully saturated rings. The van der Waals surface area contributed by atoms with E-state index in [2.05, 4.69) is 18.9 Å². The maximum Gasteiger partial charge on any atom is 0.417 e. The van der Waals surface area contributed by atoms with Crippen molar-refractivity contribution in [2.75, 3.05) is 20.1 Å². The van der Waals surface area contributed by atoms with Crippen LogP contribution >= 0.6 is 0 Å². The second-order valence-electron chi connectivity index (χ2n) is 10.2. The number of nitrogens with zero attached hydrogens (tertiary/aromatic N) is 2. The van der Waals surface area contributed by atoms with Crippen molar-refractivity contribution >= 4 is 18.0 Å².